The summed E-state index contributed by atoms with van der Waals surface area (Å²) in [6, 6.07) is 8.89. The first-order valence-corrected chi connectivity index (χ1v) is 9.16. The predicted molar refractivity (Wildman–Crippen MR) is 104 cm³/mol. The van der Waals surface area contributed by atoms with Crippen molar-refractivity contribution in [3.63, 3.8) is 0 Å². The molecule has 0 saturated carbocycles. The van der Waals surface area contributed by atoms with Crippen LogP contribution in [0, 0.1) is 29.4 Å². The topological polar surface area (TPSA) is 77.5 Å². The van der Waals surface area contributed by atoms with Gasteiger partial charge in [-0.15, -0.1) is 6.42 Å². The van der Waals surface area contributed by atoms with E-state index in [0.717, 1.165) is 27.1 Å². The number of para-hydroxylation sites is 1. The van der Waals surface area contributed by atoms with E-state index < -0.39 is 10.8 Å². The molecule has 3 rings (SSSR count). The van der Waals surface area contributed by atoms with E-state index in [1.807, 2.05) is 29.7 Å². The molecule has 0 N–H and O–H groups in total. The lowest BCUT2D eigenvalue weighted by Crippen LogP contribution is -2.16. The molecule has 1 amide bonds. The van der Waals surface area contributed by atoms with Crippen LogP contribution in [0.2, 0.25) is 0 Å². The highest BCUT2D eigenvalue weighted by atomic mass is 32.1. The van der Waals surface area contributed by atoms with E-state index in [2.05, 4.69) is 10.9 Å². The molecule has 1 aromatic carbocycles. The van der Waals surface area contributed by atoms with Gasteiger partial charge in [-0.25, -0.2) is 0 Å². The van der Waals surface area contributed by atoms with Gasteiger partial charge in [0.2, 0.25) is 0 Å². The summed E-state index contributed by atoms with van der Waals surface area (Å²) in [5, 5.41) is 10.7. The monoisotopic (exact) mass is 383 g/mol. The zero-order valence-corrected chi connectivity index (χ0v) is 15.3. The van der Waals surface area contributed by atoms with Crippen molar-refractivity contribution < 1.29 is 9.72 Å². The van der Waals surface area contributed by atoms with Gasteiger partial charge >= 0.3 is 5.00 Å². The average Bonchev–Trinajstić information content (AvgIpc) is 3.20. The number of hydrogen-bond donors (Lipinski definition) is 0. The van der Waals surface area contributed by atoms with Gasteiger partial charge in [0.05, 0.1) is 21.7 Å². The van der Waals surface area contributed by atoms with Gasteiger partial charge < -0.3 is 4.57 Å². The van der Waals surface area contributed by atoms with Crippen molar-refractivity contribution in [1.82, 2.24) is 4.57 Å². The molecule has 2 heterocycles. The van der Waals surface area contributed by atoms with Gasteiger partial charge in [-0.1, -0.05) is 40.7 Å². The number of carbonyl (C=O) groups is 1. The molecule has 0 saturated heterocycles. The van der Waals surface area contributed by atoms with E-state index in [-0.39, 0.29) is 5.00 Å². The normalized spacial score (nSPS) is 11.9. The number of rotatable bonds is 4. The van der Waals surface area contributed by atoms with Crippen LogP contribution >= 0.6 is 22.7 Å². The lowest BCUT2D eigenvalue weighted by atomic mass is 10.2. The number of thiazole rings is 1. The predicted octanol–water partition coefficient (Wildman–Crippen LogP) is 3.75. The molecular weight excluding hydrogens is 370 g/mol. The Morgan fingerprint density at radius 2 is 2.19 bits per heavy atom. The second-order valence-corrected chi connectivity index (χ2v) is 7.42. The van der Waals surface area contributed by atoms with Crippen LogP contribution in [-0.2, 0) is 11.3 Å². The van der Waals surface area contributed by atoms with Crippen LogP contribution in [0.1, 0.15) is 10.4 Å². The molecule has 3 aromatic rings. The largest absolute Gasteiger partial charge is 0.324 e. The van der Waals surface area contributed by atoms with Gasteiger partial charge in [0, 0.05) is 17.0 Å². The molecular formula is C18H13N3O3S2. The standard InChI is InChI=1S/C18H13N3O3S2/c1-3-11-20-17-12(2)5-4-6-14(17)26-18(20)19-15(22)9-7-13-8-10-16(25-13)21(23)24/h1,4-10H,11H2,2H3/b9-7+,19-18?. The maximum atomic E-state index is 12.2. The Bertz CT molecular complexity index is 1140. The highest BCUT2D eigenvalue weighted by molar-refractivity contribution is 7.16. The fraction of sp³-hybridized carbons (Fsp3) is 0.111. The Balaban J connectivity index is 1.96. The first-order valence-electron chi connectivity index (χ1n) is 7.53. The van der Waals surface area contributed by atoms with Crippen LogP contribution in [0.25, 0.3) is 16.3 Å². The highest BCUT2D eigenvalue weighted by Crippen LogP contribution is 2.25. The Labute approximate surface area is 156 Å². The summed E-state index contributed by atoms with van der Waals surface area (Å²) in [7, 11) is 0. The van der Waals surface area contributed by atoms with Crippen molar-refractivity contribution in [2.75, 3.05) is 0 Å². The number of fused-ring (bicyclic) bond motifs is 1. The number of carbonyl (C=O) groups excluding carboxylic acids is 1. The van der Waals surface area contributed by atoms with Gasteiger partial charge in [0.1, 0.15) is 0 Å². The first-order chi connectivity index (χ1) is 12.5. The fourth-order valence-corrected chi connectivity index (χ4v) is 4.28. The lowest BCUT2D eigenvalue weighted by Gasteiger charge is -2.02. The molecule has 26 heavy (non-hydrogen) atoms. The van der Waals surface area contributed by atoms with Gasteiger partial charge in [0.15, 0.2) is 4.80 Å². The van der Waals surface area contributed by atoms with E-state index in [4.69, 9.17) is 6.42 Å². The summed E-state index contributed by atoms with van der Waals surface area (Å²) < 4.78 is 2.85. The van der Waals surface area contributed by atoms with Crippen LogP contribution in [0.4, 0.5) is 5.00 Å². The van der Waals surface area contributed by atoms with Crippen molar-refractivity contribution in [3.8, 4) is 12.3 Å². The average molecular weight is 383 g/mol. The Morgan fingerprint density at radius 3 is 2.88 bits per heavy atom. The molecule has 8 heteroatoms. The minimum atomic E-state index is -0.462. The SMILES string of the molecule is C#CCn1c(=NC(=O)/C=C/c2ccc([N+](=O)[O-])s2)sc2cccc(C)c21. The van der Waals surface area contributed by atoms with E-state index >= 15 is 0 Å². The Morgan fingerprint density at radius 1 is 1.38 bits per heavy atom. The second kappa shape index (κ2) is 7.47. The summed E-state index contributed by atoms with van der Waals surface area (Å²) in [5.74, 6) is 2.14. The smallest absolute Gasteiger partial charge is 0.304 e. The minimum Gasteiger partial charge on any atom is -0.304 e. The van der Waals surface area contributed by atoms with E-state index in [9.17, 15) is 14.9 Å². The minimum absolute atomic E-state index is 0.0286. The fourth-order valence-electron chi connectivity index (χ4n) is 2.45. The Kier molecular flexibility index (Phi) is 5.11. The molecule has 0 atom stereocenters. The molecule has 0 spiro atoms. The van der Waals surface area contributed by atoms with Crippen LogP contribution in [0.5, 0.6) is 0 Å². The Hall–Kier alpha value is -3.02. The van der Waals surface area contributed by atoms with E-state index in [1.165, 1.54) is 29.6 Å². The van der Waals surface area contributed by atoms with Crippen LogP contribution in [0.3, 0.4) is 0 Å². The molecule has 0 aliphatic heterocycles. The summed E-state index contributed by atoms with van der Waals surface area (Å²) in [4.78, 5) is 27.7. The van der Waals surface area contributed by atoms with Gasteiger partial charge in [0.25, 0.3) is 5.91 Å². The molecule has 6 nitrogen and oxygen atoms in total. The van der Waals surface area contributed by atoms with Gasteiger partial charge in [-0.05, 0) is 30.7 Å². The molecule has 2 aromatic heterocycles. The van der Waals surface area contributed by atoms with Crippen molar-refractivity contribution >= 4 is 49.9 Å². The van der Waals surface area contributed by atoms with Crippen molar-refractivity contribution in [2.24, 2.45) is 4.99 Å². The van der Waals surface area contributed by atoms with Crippen molar-refractivity contribution in [3.05, 3.63) is 61.8 Å². The molecule has 0 bridgehead atoms. The molecule has 0 fully saturated rings. The molecule has 130 valence electrons. The van der Waals surface area contributed by atoms with Crippen LogP contribution in [-0.4, -0.2) is 15.4 Å². The number of nitrogens with zero attached hydrogens (tertiary/aromatic N) is 3. The van der Waals surface area contributed by atoms with Gasteiger partial charge in [-0.2, -0.15) is 4.99 Å². The number of aryl methyl sites for hydroxylation is 1. The zero-order valence-electron chi connectivity index (χ0n) is 13.7. The van der Waals surface area contributed by atoms with Crippen LogP contribution < -0.4 is 4.80 Å². The maximum Gasteiger partial charge on any atom is 0.324 e. The number of aromatic nitrogens is 1. The van der Waals surface area contributed by atoms with Crippen LogP contribution in [0.15, 0.2) is 41.4 Å². The quantitative estimate of drug-likeness (QED) is 0.298. The highest BCUT2D eigenvalue weighted by Gasteiger charge is 2.09. The summed E-state index contributed by atoms with van der Waals surface area (Å²) in [6.07, 6.45) is 8.28. The van der Waals surface area contributed by atoms with E-state index in [0.29, 0.717) is 16.2 Å². The third kappa shape index (κ3) is 3.64. The number of nitro groups is 1. The molecule has 0 unspecified atom stereocenters. The third-order valence-electron chi connectivity index (χ3n) is 3.54. The third-order valence-corrected chi connectivity index (χ3v) is 5.59. The number of hydrogen-bond acceptors (Lipinski definition) is 5. The molecule has 0 aliphatic carbocycles. The second-order valence-electron chi connectivity index (χ2n) is 5.31. The first kappa shape index (κ1) is 17.8. The summed E-state index contributed by atoms with van der Waals surface area (Å²) >= 11 is 2.39. The van der Waals surface area contributed by atoms with Crippen molar-refractivity contribution in [2.45, 2.75) is 13.5 Å². The number of thiophene rings is 1. The number of amides is 1. The lowest BCUT2D eigenvalue weighted by molar-refractivity contribution is -0.380. The molecule has 0 aliphatic rings. The van der Waals surface area contributed by atoms with Crippen molar-refractivity contribution in [1.29, 1.82) is 0 Å². The molecule has 0 radical (unpaired) electrons. The maximum absolute atomic E-state index is 12.2. The number of benzene rings is 1. The zero-order chi connectivity index (χ0) is 18.7. The van der Waals surface area contributed by atoms with Gasteiger partial charge in [-0.3, -0.25) is 14.9 Å². The summed E-state index contributed by atoms with van der Waals surface area (Å²) in [5.41, 5.74) is 2.03. The summed E-state index contributed by atoms with van der Waals surface area (Å²) in [6.45, 7) is 2.30. The van der Waals surface area contributed by atoms with E-state index in [1.54, 1.807) is 6.07 Å². The number of terminal acetylenes is 1.